The predicted octanol–water partition coefficient (Wildman–Crippen LogP) is 2.86. The van der Waals surface area contributed by atoms with E-state index in [9.17, 15) is 9.18 Å². The monoisotopic (exact) mass is 354 g/mol. The Morgan fingerprint density at radius 3 is 2.65 bits per heavy atom. The number of hydrogen-bond acceptors (Lipinski definition) is 3. The Balaban J connectivity index is 1.29. The van der Waals surface area contributed by atoms with Gasteiger partial charge in [0.1, 0.15) is 11.6 Å². The molecular weight excluding hydrogens is 331 g/mol. The number of carbonyl (C=O) groups is 1. The van der Waals surface area contributed by atoms with Gasteiger partial charge in [-0.05, 0) is 48.2 Å². The van der Waals surface area contributed by atoms with Crippen molar-refractivity contribution in [2.24, 2.45) is 0 Å². The number of fused-ring (bicyclic) bond motifs is 1. The summed E-state index contributed by atoms with van der Waals surface area (Å²) < 4.78 is 18.4. The second-order valence-corrected chi connectivity index (χ2v) is 7.01. The number of likely N-dealkylation sites (tertiary alicyclic amines) is 1. The molecule has 0 radical (unpaired) electrons. The van der Waals surface area contributed by atoms with Crippen molar-refractivity contribution in [2.75, 3.05) is 26.2 Å². The lowest BCUT2D eigenvalue weighted by Crippen LogP contribution is -2.42. The lowest BCUT2D eigenvalue weighted by molar-refractivity contribution is -0.132. The van der Waals surface area contributed by atoms with Crippen LogP contribution >= 0.6 is 0 Å². The lowest BCUT2D eigenvalue weighted by atomic mass is 9.98. The maximum Gasteiger partial charge on any atom is 0.260 e. The Kier molecular flexibility index (Phi) is 4.89. The Hall–Kier alpha value is -2.40. The number of benzene rings is 2. The van der Waals surface area contributed by atoms with Gasteiger partial charge in [0.15, 0.2) is 6.61 Å². The number of ether oxygens (including phenoxy) is 1. The molecule has 1 unspecified atom stereocenters. The quantitative estimate of drug-likeness (QED) is 0.846. The van der Waals surface area contributed by atoms with Crippen LogP contribution < -0.4 is 4.74 Å². The van der Waals surface area contributed by atoms with Crippen molar-refractivity contribution < 1.29 is 13.9 Å². The van der Waals surface area contributed by atoms with Gasteiger partial charge >= 0.3 is 0 Å². The molecule has 0 saturated carbocycles. The van der Waals surface area contributed by atoms with Crippen LogP contribution in [0.15, 0.2) is 48.5 Å². The van der Waals surface area contributed by atoms with E-state index in [-0.39, 0.29) is 18.3 Å². The molecule has 2 aromatic carbocycles. The highest BCUT2D eigenvalue weighted by atomic mass is 19.1. The van der Waals surface area contributed by atoms with Gasteiger partial charge in [0, 0.05) is 32.2 Å². The van der Waals surface area contributed by atoms with Crippen LogP contribution in [-0.2, 0) is 17.8 Å². The van der Waals surface area contributed by atoms with E-state index in [1.807, 2.05) is 4.90 Å². The van der Waals surface area contributed by atoms with Crippen LogP contribution in [0.1, 0.15) is 17.5 Å². The molecule has 1 fully saturated rings. The van der Waals surface area contributed by atoms with Crippen LogP contribution in [0.3, 0.4) is 0 Å². The zero-order valence-corrected chi connectivity index (χ0v) is 14.7. The smallest absolute Gasteiger partial charge is 0.260 e. The summed E-state index contributed by atoms with van der Waals surface area (Å²) >= 11 is 0. The molecule has 5 heteroatoms. The number of amides is 1. The number of hydrogen-bond donors (Lipinski definition) is 0. The average molecular weight is 354 g/mol. The summed E-state index contributed by atoms with van der Waals surface area (Å²) in [6, 6.07) is 14.8. The largest absolute Gasteiger partial charge is 0.484 e. The molecule has 2 aromatic rings. The van der Waals surface area contributed by atoms with Gasteiger partial charge in [-0.2, -0.15) is 0 Å². The molecule has 2 aliphatic rings. The van der Waals surface area contributed by atoms with E-state index in [2.05, 4.69) is 29.2 Å². The van der Waals surface area contributed by atoms with Crippen molar-refractivity contribution in [1.29, 1.82) is 0 Å². The van der Waals surface area contributed by atoms with Crippen LogP contribution in [0.2, 0.25) is 0 Å². The number of carbonyl (C=O) groups excluding carboxylic acids is 1. The van der Waals surface area contributed by atoms with E-state index < -0.39 is 0 Å². The Labute approximate surface area is 153 Å². The highest BCUT2D eigenvalue weighted by molar-refractivity contribution is 5.78. The predicted molar refractivity (Wildman–Crippen MR) is 97.4 cm³/mol. The first-order valence-corrected chi connectivity index (χ1v) is 9.16. The van der Waals surface area contributed by atoms with Crippen LogP contribution in [0, 0.1) is 5.82 Å². The van der Waals surface area contributed by atoms with Gasteiger partial charge in [-0.3, -0.25) is 9.69 Å². The third kappa shape index (κ3) is 3.73. The summed E-state index contributed by atoms with van der Waals surface area (Å²) in [5.41, 5.74) is 2.85. The third-order valence-electron chi connectivity index (χ3n) is 5.37. The molecule has 4 rings (SSSR count). The highest BCUT2D eigenvalue weighted by Gasteiger charge is 2.32. The van der Waals surface area contributed by atoms with Gasteiger partial charge in [0.25, 0.3) is 5.91 Å². The second-order valence-electron chi connectivity index (χ2n) is 7.01. The normalized spacial score (nSPS) is 20.0. The molecule has 0 N–H and O–H groups in total. The molecule has 0 aromatic heterocycles. The molecule has 4 nitrogen and oxygen atoms in total. The molecule has 2 aliphatic heterocycles. The summed E-state index contributed by atoms with van der Waals surface area (Å²) in [4.78, 5) is 16.8. The molecule has 1 saturated heterocycles. The fourth-order valence-electron chi connectivity index (χ4n) is 3.86. The van der Waals surface area contributed by atoms with Crippen molar-refractivity contribution in [3.8, 4) is 5.75 Å². The van der Waals surface area contributed by atoms with Crippen molar-refractivity contribution in [3.05, 3.63) is 65.5 Å². The van der Waals surface area contributed by atoms with Gasteiger partial charge in [0.2, 0.25) is 0 Å². The minimum Gasteiger partial charge on any atom is -0.484 e. The van der Waals surface area contributed by atoms with E-state index in [1.165, 1.54) is 23.3 Å². The third-order valence-corrected chi connectivity index (χ3v) is 5.37. The first kappa shape index (κ1) is 17.0. The van der Waals surface area contributed by atoms with E-state index in [0.29, 0.717) is 11.8 Å². The van der Waals surface area contributed by atoms with Crippen LogP contribution in [0.5, 0.6) is 5.75 Å². The number of nitrogens with zero attached hydrogens (tertiary/aromatic N) is 2. The van der Waals surface area contributed by atoms with E-state index in [4.69, 9.17) is 4.74 Å². The zero-order valence-electron chi connectivity index (χ0n) is 14.7. The van der Waals surface area contributed by atoms with Gasteiger partial charge in [-0.25, -0.2) is 4.39 Å². The molecule has 1 atom stereocenters. The SMILES string of the molecule is O=C(COc1ccc(F)cc1)N1CCC(N2CCc3ccccc3C2)C1. The van der Waals surface area contributed by atoms with E-state index in [0.717, 1.165) is 39.0 Å². The summed E-state index contributed by atoms with van der Waals surface area (Å²) in [5.74, 6) is 0.200. The van der Waals surface area contributed by atoms with E-state index >= 15 is 0 Å². The highest BCUT2D eigenvalue weighted by Crippen LogP contribution is 2.24. The van der Waals surface area contributed by atoms with Gasteiger partial charge < -0.3 is 9.64 Å². The van der Waals surface area contributed by atoms with Crippen LogP contribution in [0.4, 0.5) is 4.39 Å². The van der Waals surface area contributed by atoms with Gasteiger partial charge in [0.05, 0.1) is 0 Å². The fourth-order valence-corrected chi connectivity index (χ4v) is 3.86. The minimum atomic E-state index is -0.311. The summed E-state index contributed by atoms with van der Waals surface area (Å²) in [6.45, 7) is 3.55. The first-order chi connectivity index (χ1) is 12.7. The van der Waals surface area contributed by atoms with Crippen LogP contribution in [0.25, 0.3) is 0 Å². The zero-order chi connectivity index (χ0) is 17.9. The van der Waals surface area contributed by atoms with Gasteiger partial charge in [-0.1, -0.05) is 24.3 Å². The number of rotatable bonds is 4. The Morgan fingerprint density at radius 2 is 1.85 bits per heavy atom. The fraction of sp³-hybridized carbons (Fsp3) is 0.381. The standard InChI is InChI=1S/C21H23FN2O2/c22-18-5-7-20(8-6-18)26-15-21(25)24-12-10-19(14-24)23-11-9-16-3-1-2-4-17(16)13-23/h1-8,19H,9-15H2. The molecule has 0 spiro atoms. The van der Waals surface area contributed by atoms with Crippen LogP contribution in [-0.4, -0.2) is 48.0 Å². The topological polar surface area (TPSA) is 32.8 Å². The molecule has 26 heavy (non-hydrogen) atoms. The molecule has 0 aliphatic carbocycles. The Bertz CT molecular complexity index is 778. The number of halogens is 1. The van der Waals surface area contributed by atoms with Crippen molar-refractivity contribution >= 4 is 5.91 Å². The molecular formula is C21H23FN2O2. The molecule has 136 valence electrons. The van der Waals surface area contributed by atoms with Crippen molar-refractivity contribution in [1.82, 2.24) is 9.80 Å². The van der Waals surface area contributed by atoms with E-state index in [1.54, 1.807) is 12.1 Å². The Morgan fingerprint density at radius 1 is 1.08 bits per heavy atom. The maximum absolute atomic E-state index is 12.9. The summed E-state index contributed by atoms with van der Waals surface area (Å²) in [6.07, 6.45) is 2.08. The molecule has 2 heterocycles. The molecule has 1 amide bonds. The van der Waals surface area contributed by atoms with Gasteiger partial charge in [-0.15, -0.1) is 0 Å². The maximum atomic E-state index is 12.9. The second kappa shape index (κ2) is 7.46. The molecule has 0 bridgehead atoms. The average Bonchev–Trinajstić information content (AvgIpc) is 3.17. The lowest BCUT2D eigenvalue weighted by Gasteiger charge is -2.33. The summed E-state index contributed by atoms with van der Waals surface area (Å²) in [5, 5.41) is 0. The first-order valence-electron chi connectivity index (χ1n) is 9.16. The summed E-state index contributed by atoms with van der Waals surface area (Å²) in [7, 11) is 0. The van der Waals surface area contributed by atoms with Crippen molar-refractivity contribution in [3.63, 3.8) is 0 Å². The van der Waals surface area contributed by atoms with Crippen molar-refractivity contribution in [2.45, 2.75) is 25.4 Å². The minimum absolute atomic E-state index is 0.00118.